The predicted octanol–water partition coefficient (Wildman–Crippen LogP) is 3.23. The minimum absolute atomic E-state index is 0.0102. The maximum absolute atomic E-state index is 12.3. The Morgan fingerprint density at radius 1 is 1.32 bits per heavy atom. The van der Waals surface area contributed by atoms with Crippen LogP contribution in [0.15, 0.2) is 16.5 Å². The molecule has 140 valence electrons. The molecule has 2 rings (SSSR count). The first-order valence-electron chi connectivity index (χ1n) is 9.23. The minimum atomic E-state index is -0.143. The van der Waals surface area contributed by atoms with Crippen molar-refractivity contribution in [2.24, 2.45) is 11.8 Å². The van der Waals surface area contributed by atoms with Gasteiger partial charge >= 0.3 is 6.03 Å². The van der Waals surface area contributed by atoms with Gasteiger partial charge in [0.2, 0.25) is 5.91 Å². The largest absolute Gasteiger partial charge is 0.464 e. The molecule has 0 spiro atoms. The van der Waals surface area contributed by atoms with Crippen molar-refractivity contribution in [1.29, 1.82) is 0 Å². The predicted molar refractivity (Wildman–Crippen MR) is 97.2 cm³/mol. The lowest BCUT2D eigenvalue weighted by molar-refractivity contribution is -0.123. The summed E-state index contributed by atoms with van der Waals surface area (Å²) in [4.78, 5) is 26.4. The number of carbonyl (C=O) groups excluding carboxylic acids is 2. The Hall–Kier alpha value is -1.98. The van der Waals surface area contributed by atoms with Crippen molar-refractivity contribution in [3.05, 3.63) is 23.7 Å². The lowest BCUT2D eigenvalue weighted by atomic mass is 9.94. The van der Waals surface area contributed by atoms with Crippen molar-refractivity contribution in [2.45, 2.75) is 53.0 Å². The van der Waals surface area contributed by atoms with Crippen LogP contribution < -0.4 is 10.6 Å². The van der Waals surface area contributed by atoms with E-state index < -0.39 is 0 Å². The van der Waals surface area contributed by atoms with E-state index in [2.05, 4.69) is 24.5 Å². The first-order valence-corrected chi connectivity index (χ1v) is 9.23. The number of furan rings is 1. The van der Waals surface area contributed by atoms with Crippen molar-refractivity contribution in [1.82, 2.24) is 15.5 Å². The van der Waals surface area contributed by atoms with Crippen LogP contribution in [0.1, 0.15) is 57.6 Å². The molecule has 3 amide bonds. The van der Waals surface area contributed by atoms with E-state index in [1.165, 1.54) is 0 Å². The molecule has 1 saturated heterocycles. The highest BCUT2D eigenvalue weighted by Crippen LogP contribution is 2.21. The quantitative estimate of drug-likeness (QED) is 0.828. The molecule has 1 aromatic rings. The van der Waals surface area contributed by atoms with Gasteiger partial charge in [-0.25, -0.2) is 4.79 Å². The van der Waals surface area contributed by atoms with Gasteiger partial charge in [-0.1, -0.05) is 13.8 Å². The zero-order chi connectivity index (χ0) is 18.4. The normalized spacial score (nSPS) is 18.9. The Morgan fingerprint density at radius 3 is 2.72 bits per heavy atom. The van der Waals surface area contributed by atoms with E-state index >= 15 is 0 Å². The zero-order valence-electron chi connectivity index (χ0n) is 15.8. The Kier molecular flexibility index (Phi) is 6.91. The summed E-state index contributed by atoms with van der Waals surface area (Å²) >= 11 is 0. The number of nitrogens with zero attached hydrogens (tertiary/aromatic N) is 1. The van der Waals surface area contributed by atoms with Crippen molar-refractivity contribution >= 4 is 11.9 Å². The molecule has 0 unspecified atom stereocenters. The van der Waals surface area contributed by atoms with E-state index in [1.54, 1.807) is 0 Å². The molecular weight excluding hydrogens is 318 g/mol. The molecule has 1 aliphatic rings. The average Bonchev–Trinajstić information content (AvgIpc) is 2.99. The highest BCUT2D eigenvalue weighted by atomic mass is 16.3. The fourth-order valence-corrected chi connectivity index (χ4v) is 3.14. The van der Waals surface area contributed by atoms with Crippen LogP contribution in [0.3, 0.4) is 0 Å². The summed E-state index contributed by atoms with van der Waals surface area (Å²) in [5.41, 5.74) is 0. The van der Waals surface area contributed by atoms with Gasteiger partial charge in [0.05, 0.1) is 6.04 Å². The standard InChI is InChI=1S/C19H31N3O3/c1-13(2)11-20-19(24)22-9-5-6-16(12-22)10-18(23)21-15(4)17-8-7-14(3)25-17/h7-8,13,15-16H,5-6,9-12H2,1-4H3,(H,20,24)(H,21,23)/t15-,16-/m0/s1. The van der Waals surface area contributed by atoms with Gasteiger partial charge in [0, 0.05) is 26.1 Å². The molecule has 0 aromatic carbocycles. The summed E-state index contributed by atoms with van der Waals surface area (Å²) in [7, 11) is 0. The van der Waals surface area contributed by atoms with Crippen LogP contribution in [0.4, 0.5) is 4.79 Å². The fourth-order valence-electron chi connectivity index (χ4n) is 3.14. The summed E-state index contributed by atoms with van der Waals surface area (Å²) in [6, 6.07) is 3.63. The summed E-state index contributed by atoms with van der Waals surface area (Å²) in [6.45, 7) is 10.1. The number of aryl methyl sites for hydroxylation is 1. The van der Waals surface area contributed by atoms with Gasteiger partial charge in [-0.3, -0.25) is 4.79 Å². The maximum Gasteiger partial charge on any atom is 0.317 e. The van der Waals surface area contributed by atoms with Gasteiger partial charge in [0.15, 0.2) is 0 Å². The maximum atomic E-state index is 12.3. The van der Waals surface area contributed by atoms with Crippen LogP contribution in [0, 0.1) is 18.8 Å². The molecule has 0 bridgehead atoms. The number of piperidine rings is 1. The Morgan fingerprint density at radius 2 is 2.08 bits per heavy atom. The third-order valence-electron chi connectivity index (χ3n) is 4.51. The molecule has 0 aliphatic carbocycles. The second-order valence-corrected chi connectivity index (χ2v) is 7.48. The summed E-state index contributed by atoms with van der Waals surface area (Å²) in [5, 5.41) is 5.94. The second-order valence-electron chi connectivity index (χ2n) is 7.48. The second kappa shape index (κ2) is 8.92. The highest BCUT2D eigenvalue weighted by Gasteiger charge is 2.26. The molecule has 0 saturated carbocycles. The van der Waals surface area contributed by atoms with Gasteiger partial charge in [0.25, 0.3) is 0 Å². The Balaban J connectivity index is 1.79. The molecule has 25 heavy (non-hydrogen) atoms. The molecule has 1 aromatic heterocycles. The van der Waals surface area contributed by atoms with Gasteiger partial charge < -0.3 is 20.0 Å². The minimum Gasteiger partial charge on any atom is -0.464 e. The first-order chi connectivity index (χ1) is 11.8. The van der Waals surface area contributed by atoms with E-state index in [0.29, 0.717) is 25.4 Å². The summed E-state index contributed by atoms with van der Waals surface area (Å²) < 4.78 is 5.55. The monoisotopic (exact) mass is 349 g/mol. The molecule has 0 radical (unpaired) electrons. The molecule has 6 nitrogen and oxygen atoms in total. The topological polar surface area (TPSA) is 74.6 Å². The highest BCUT2D eigenvalue weighted by molar-refractivity contribution is 5.77. The molecular formula is C19H31N3O3. The van der Waals surface area contributed by atoms with Gasteiger partial charge in [-0.15, -0.1) is 0 Å². The van der Waals surface area contributed by atoms with E-state index in [1.807, 2.05) is 30.9 Å². The number of carbonyl (C=O) groups is 2. The fraction of sp³-hybridized carbons (Fsp3) is 0.684. The third kappa shape index (κ3) is 6.11. The smallest absolute Gasteiger partial charge is 0.317 e. The van der Waals surface area contributed by atoms with E-state index in [4.69, 9.17) is 4.42 Å². The number of rotatable bonds is 6. The zero-order valence-corrected chi connectivity index (χ0v) is 15.8. The number of likely N-dealkylation sites (tertiary alicyclic amines) is 1. The first kappa shape index (κ1) is 19.3. The van der Waals surface area contributed by atoms with Crippen LogP contribution in [-0.2, 0) is 4.79 Å². The van der Waals surface area contributed by atoms with Gasteiger partial charge in [0.1, 0.15) is 11.5 Å². The van der Waals surface area contributed by atoms with Gasteiger partial charge in [-0.2, -0.15) is 0 Å². The number of hydrogen-bond donors (Lipinski definition) is 2. The van der Waals surface area contributed by atoms with Crippen molar-refractivity contribution < 1.29 is 14.0 Å². The van der Waals surface area contributed by atoms with E-state index in [0.717, 1.165) is 30.9 Å². The molecule has 2 atom stereocenters. The van der Waals surface area contributed by atoms with Crippen LogP contribution >= 0.6 is 0 Å². The van der Waals surface area contributed by atoms with Crippen LogP contribution in [0.2, 0.25) is 0 Å². The number of amides is 3. The van der Waals surface area contributed by atoms with Crippen molar-refractivity contribution in [3.8, 4) is 0 Å². The Bertz CT molecular complexity index is 582. The number of hydrogen-bond acceptors (Lipinski definition) is 3. The lowest BCUT2D eigenvalue weighted by Gasteiger charge is -2.33. The third-order valence-corrected chi connectivity index (χ3v) is 4.51. The summed E-state index contributed by atoms with van der Waals surface area (Å²) in [5.74, 6) is 2.26. The van der Waals surface area contributed by atoms with Crippen LogP contribution in [0.5, 0.6) is 0 Å². The lowest BCUT2D eigenvalue weighted by Crippen LogP contribution is -2.47. The number of urea groups is 1. The molecule has 1 aliphatic heterocycles. The number of nitrogens with one attached hydrogen (secondary N) is 2. The molecule has 2 heterocycles. The van der Waals surface area contributed by atoms with Crippen LogP contribution in [0.25, 0.3) is 0 Å². The van der Waals surface area contributed by atoms with E-state index in [9.17, 15) is 9.59 Å². The average molecular weight is 349 g/mol. The van der Waals surface area contributed by atoms with Crippen molar-refractivity contribution in [3.63, 3.8) is 0 Å². The molecule has 1 fully saturated rings. The molecule has 2 N–H and O–H groups in total. The summed E-state index contributed by atoms with van der Waals surface area (Å²) in [6.07, 6.45) is 2.37. The SMILES string of the molecule is Cc1ccc([C@H](C)NC(=O)C[C@@H]2CCCN(C(=O)NCC(C)C)C2)o1. The molecule has 6 heteroatoms. The Labute approximate surface area is 150 Å². The van der Waals surface area contributed by atoms with Crippen LogP contribution in [-0.4, -0.2) is 36.5 Å². The van der Waals surface area contributed by atoms with Crippen molar-refractivity contribution in [2.75, 3.05) is 19.6 Å². The van der Waals surface area contributed by atoms with Gasteiger partial charge in [-0.05, 0) is 50.7 Å². The van der Waals surface area contributed by atoms with E-state index in [-0.39, 0.29) is 23.9 Å².